The van der Waals surface area contributed by atoms with Crippen molar-refractivity contribution < 1.29 is 9.53 Å². The fraction of sp³-hybridized carbons (Fsp3) is 0.667. The number of carbonyl (C=O) groups excluding carboxylic acids is 1. The van der Waals surface area contributed by atoms with E-state index in [4.69, 9.17) is 4.74 Å². The molecular formula is C12H17NO2S2. The number of esters is 1. The van der Waals surface area contributed by atoms with E-state index < -0.39 is 0 Å². The SMILES string of the molecule is CCc1csc(SCC2(CC(=O)OC)CC2)n1. The van der Waals surface area contributed by atoms with E-state index in [0.29, 0.717) is 6.42 Å². The second-order valence-electron chi connectivity index (χ2n) is 4.50. The van der Waals surface area contributed by atoms with Gasteiger partial charge in [-0.25, -0.2) is 4.98 Å². The summed E-state index contributed by atoms with van der Waals surface area (Å²) in [7, 11) is 1.46. The lowest BCUT2D eigenvalue weighted by Gasteiger charge is -2.11. The number of carbonyl (C=O) groups is 1. The minimum atomic E-state index is -0.0866. The fourth-order valence-electron chi connectivity index (χ4n) is 1.66. The number of aromatic nitrogens is 1. The number of rotatable bonds is 6. The number of aryl methyl sites for hydroxylation is 1. The highest BCUT2D eigenvalue weighted by Crippen LogP contribution is 2.52. The Bertz CT molecular complexity index is 399. The van der Waals surface area contributed by atoms with Crippen LogP contribution in [0.3, 0.4) is 0 Å². The van der Waals surface area contributed by atoms with Gasteiger partial charge in [-0.15, -0.1) is 11.3 Å². The van der Waals surface area contributed by atoms with Crippen LogP contribution in [-0.4, -0.2) is 23.8 Å². The van der Waals surface area contributed by atoms with Crippen LogP contribution >= 0.6 is 23.1 Å². The van der Waals surface area contributed by atoms with Crippen LogP contribution in [0.5, 0.6) is 0 Å². The Hall–Kier alpha value is -0.550. The van der Waals surface area contributed by atoms with Crippen LogP contribution in [0.25, 0.3) is 0 Å². The van der Waals surface area contributed by atoms with Crippen molar-refractivity contribution in [2.75, 3.05) is 12.9 Å². The third-order valence-corrected chi connectivity index (χ3v) is 5.52. The first-order chi connectivity index (χ1) is 8.17. The lowest BCUT2D eigenvalue weighted by molar-refractivity contribution is -0.141. The van der Waals surface area contributed by atoms with Crippen molar-refractivity contribution in [3.05, 3.63) is 11.1 Å². The van der Waals surface area contributed by atoms with Crippen molar-refractivity contribution >= 4 is 29.1 Å². The van der Waals surface area contributed by atoms with E-state index in [1.165, 1.54) is 7.11 Å². The molecule has 0 unspecified atom stereocenters. The molecule has 0 radical (unpaired) electrons. The highest BCUT2D eigenvalue weighted by molar-refractivity contribution is 8.01. The monoisotopic (exact) mass is 271 g/mol. The predicted octanol–water partition coefficient (Wildman–Crippen LogP) is 3.14. The van der Waals surface area contributed by atoms with Gasteiger partial charge in [-0.05, 0) is 24.7 Å². The topological polar surface area (TPSA) is 39.2 Å². The zero-order valence-electron chi connectivity index (χ0n) is 10.2. The Labute approximate surface area is 110 Å². The third-order valence-electron chi connectivity index (χ3n) is 3.10. The second-order valence-corrected chi connectivity index (χ2v) is 6.58. The average molecular weight is 271 g/mol. The molecule has 0 N–H and O–H groups in total. The maximum atomic E-state index is 11.3. The van der Waals surface area contributed by atoms with Crippen molar-refractivity contribution in [2.24, 2.45) is 5.41 Å². The summed E-state index contributed by atoms with van der Waals surface area (Å²) in [5.41, 5.74) is 1.35. The summed E-state index contributed by atoms with van der Waals surface area (Å²) in [5.74, 6) is 0.898. The van der Waals surface area contributed by atoms with E-state index in [-0.39, 0.29) is 11.4 Å². The summed E-state index contributed by atoms with van der Waals surface area (Å²) in [4.78, 5) is 15.8. The second kappa shape index (κ2) is 5.40. The lowest BCUT2D eigenvalue weighted by atomic mass is 10.1. The number of ether oxygens (including phenoxy) is 1. The zero-order valence-corrected chi connectivity index (χ0v) is 11.8. The molecule has 2 rings (SSSR count). The number of hydrogen-bond acceptors (Lipinski definition) is 5. The van der Waals surface area contributed by atoms with Gasteiger partial charge in [0.15, 0.2) is 0 Å². The number of nitrogens with zero attached hydrogens (tertiary/aromatic N) is 1. The van der Waals surface area contributed by atoms with Crippen LogP contribution in [-0.2, 0) is 16.0 Å². The minimum Gasteiger partial charge on any atom is -0.469 e. The molecular weight excluding hydrogens is 254 g/mol. The molecule has 0 aliphatic heterocycles. The Morgan fingerprint density at radius 3 is 2.94 bits per heavy atom. The van der Waals surface area contributed by atoms with Crippen LogP contribution < -0.4 is 0 Å². The number of methoxy groups -OCH3 is 1. The molecule has 0 spiro atoms. The number of thioether (sulfide) groups is 1. The van der Waals surface area contributed by atoms with Crippen molar-refractivity contribution in [2.45, 2.75) is 36.9 Å². The molecule has 1 fully saturated rings. The van der Waals surface area contributed by atoms with Crippen molar-refractivity contribution in [3.63, 3.8) is 0 Å². The lowest BCUT2D eigenvalue weighted by Crippen LogP contribution is -2.12. The quantitative estimate of drug-likeness (QED) is 0.588. The minimum absolute atomic E-state index is 0.0866. The molecule has 0 saturated heterocycles. The van der Waals surface area contributed by atoms with Gasteiger partial charge in [0.1, 0.15) is 4.34 Å². The first kappa shape index (κ1) is 12.9. The summed E-state index contributed by atoms with van der Waals surface area (Å²) in [6.07, 6.45) is 3.83. The summed E-state index contributed by atoms with van der Waals surface area (Å²) in [6.45, 7) is 2.11. The molecule has 0 aromatic carbocycles. The third kappa shape index (κ3) is 3.45. The Morgan fingerprint density at radius 2 is 2.41 bits per heavy atom. The molecule has 1 aliphatic carbocycles. The Morgan fingerprint density at radius 1 is 1.65 bits per heavy atom. The van der Waals surface area contributed by atoms with Gasteiger partial charge in [0.25, 0.3) is 0 Å². The normalized spacial score (nSPS) is 16.8. The van der Waals surface area contributed by atoms with E-state index in [2.05, 4.69) is 17.3 Å². The maximum Gasteiger partial charge on any atom is 0.306 e. The van der Waals surface area contributed by atoms with E-state index in [1.54, 1.807) is 23.1 Å². The summed E-state index contributed by atoms with van der Waals surface area (Å²) < 4.78 is 5.86. The molecule has 3 nitrogen and oxygen atoms in total. The van der Waals surface area contributed by atoms with E-state index in [1.807, 2.05) is 0 Å². The summed E-state index contributed by atoms with van der Waals surface area (Å²) >= 11 is 3.48. The predicted molar refractivity (Wildman–Crippen MR) is 70.5 cm³/mol. The van der Waals surface area contributed by atoms with Gasteiger partial charge in [0.05, 0.1) is 19.2 Å². The van der Waals surface area contributed by atoms with Crippen LogP contribution in [0, 0.1) is 5.41 Å². The Kier molecular flexibility index (Phi) is 4.09. The maximum absolute atomic E-state index is 11.3. The highest BCUT2D eigenvalue weighted by atomic mass is 32.2. The van der Waals surface area contributed by atoms with Crippen LogP contribution in [0.2, 0.25) is 0 Å². The van der Waals surface area contributed by atoms with E-state index in [9.17, 15) is 4.79 Å². The molecule has 0 amide bonds. The van der Waals surface area contributed by atoms with Crippen LogP contribution in [0.1, 0.15) is 31.9 Å². The molecule has 0 atom stereocenters. The molecule has 1 aromatic rings. The molecule has 1 saturated carbocycles. The zero-order chi connectivity index (χ0) is 12.3. The van der Waals surface area contributed by atoms with Gasteiger partial charge in [-0.3, -0.25) is 4.79 Å². The van der Waals surface area contributed by atoms with Crippen molar-refractivity contribution in [1.29, 1.82) is 0 Å². The standard InChI is InChI=1S/C12H17NO2S2/c1-3-9-7-16-11(13-9)17-8-12(4-5-12)6-10(14)15-2/h7H,3-6,8H2,1-2H3. The van der Waals surface area contributed by atoms with E-state index in [0.717, 1.165) is 35.0 Å². The number of hydrogen-bond donors (Lipinski definition) is 0. The molecule has 0 bridgehead atoms. The molecule has 5 heteroatoms. The summed E-state index contributed by atoms with van der Waals surface area (Å²) in [5, 5.41) is 2.11. The average Bonchev–Trinajstić information content (AvgIpc) is 2.94. The van der Waals surface area contributed by atoms with Gasteiger partial charge in [0, 0.05) is 11.1 Å². The molecule has 94 valence electrons. The molecule has 1 aromatic heterocycles. The molecule has 1 aliphatic rings. The van der Waals surface area contributed by atoms with E-state index >= 15 is 0 Å². The summed E-state index contributed by atoms with van der Waals surface area (Å²) in [6, 6.07) is 0. The Balaban J connectivity index is 1.83. The van der Waals surface area contributed by atoms with Crippen molar-refractivity contribution in [3.8, 4) is 0 Å². The first-order valence-corrected chi connectivity index (χ1v) is 7.68. The van der Waals surface area contributed by atoms with Crippen molar-refractivity contribution in [1.82, 2.24) is 4.98 Å². The number of thiazole rings is 1. The van der Waals surface area contributed by atoms with Gasteiger partial charge in [-0.1, -0.05) is 18.7 Å². The largest absolute Gasteiger partial charge is 0.469 e. The van der Waals surface area contributed by atoms with Gasteiger partial charge >= 0.3 is 5.97 Å². The van der Waals surface area contributed by atoms with Crippen LogP contribution in [0.4, 0.5) is 0 Å². The van der Waals surface area contributed by atoms with Gasteiger partial charge < -0.3 is 4.74 Å². The van der Waals surface area contributed by atoms with Gasteiger partial charge in [-0.2, -0.15) is 0 Å². The first-order valence-electron chi connectivity index (χ1n) is 5.81. The van der Waals surface area contributed by atoms with Gasteiger partial charge in [0.2, 0.25) is 0 Å². The smallest absolute Gasteiger partial charge is 0.306 e. The molecule has 17 heavy (non-hydrogen) atoms. The van der Waals surface area contributed by atoms with Crippen LogP contribution in [0.15, 0.2) is 9.72 Å². The fourth-order valence-corrected chi connectivity index (χ4v) is 3.88. The highest BCUT2D eigenvalue weighted by Gasteiger charge is 2.44. The molecule has 1 heterocycles.